The number of amides is 2. The third-order valence-electron chi connectivity index (χ3n) is 4.38. The fourth-order valence-corrected chi connectivity index (χ4v) is 2.75. The highest BCUT2D eigenvalue weighted by molar-refractivity contribution is 5.97. The summed E-state index contributed by atoms with van der Waals surface area (Å²) >= 11 is 0. The fourth-order valence-electron chi connectivity index (χ4n) is 2.75. The van der Waals surface area contributed by atoms with Crippen LogP contribution in [0.25, 0.3) is 0 Å². The van der Waals surface area contributed by atoms with Gasteiger partial charge in [-0.2, -0.15) is 0 Å². The number of furan rings is 1. The number of rotatable bonds is 5. The normalized spacial score (nSPS) is 13.6. The topological polar surface area (TPSA) is 71.3 Å². The molecule has 0 atom stereocenters. The van der Waals surface area contributed by atoms with Crippen LogP contribution in [0.3, 0.4) is 0 Å². The lowest BCUT2D eigenvalue weighted by atomic mass is 10.1. The van der Waals surface area contributed by atoms with E-state index in [4.69, 9.17) is 4.42 Å². The van der Waals surface area contributed by atoms with E-state index in [1.54, 1.807) is 6.92 Å². The van der Waals surface area contributed by atoms with E-state index in [0.29, 0.717) is 17.9 Å². The third kappa shape index (κ3) is 3.50. The van der Waals surface area contributed by atoms with E-state index in [1.165, 1.54) is 0 Å². The molecule has 0 saturated heterocycles. The van der Waals surface area contributed by atoms with Crippen molar-refractivity contribution in [3.63, 3.8) is 0 Å². The van der Waals surface area contributed by atoms with Crippen molar-refractivity contribution in [1.29, 1.82) is 0 Å². The molecule has 0 spiro atoms. The van der Waals surface area contributed by atoms with E-state index >= 15 is 0 Å². The van der Waals surface area contributed by atoms with Crippen molar-refractivity contribution in [2.45, 2.75) is 40.2 Å². The van der Waals surface area contributed by atoms with Crippen LogP contribution in [0.5, 0.6) is 0 Å². The first-order chi connectivity index (χ1) is 11.5. The monoisotopic (exact) mass is 326 g/mol. The summed E-state index contributed by atoms with van der Waals surface area (Å²) in [5, 5.41) is 5.83. The van der Waals surface area contributed by atoms with Gasteiger partial charge in [0, 0.05) is 23.7 Å². The van der Waals surface area contributed by atoms with Gasteiger partial charge in [-0.3, -0.25) is 9.59 Å². The summed E-state index contributed by atoms with van der Waals surface area (Å²) in [7, 11) is 0. The Kier molecular flexibility index (Phi) is 4.42. The van der Waals surface area contributed by atoms with Gasteiger partial charge in [0.15, 0.2) is 0 Å². The second kappa shape index (κ2) is 6.51. The van der Waals surface area contributed by atoms with Gasteiger partial charge in [-0.25, -0.2) is 0 Å². The van der Waals surface area contributed by atoms with E-state index in [-0.39, 0.29) is 17.7 Å². The van der Waals surface area contributed by atoms with Crippen LogP contribution in [0.15, 0.2) is 28.7 Å². The predicted octanol–water partition coefficient (Wildman–Crippen LogP) is 3.48. The molecule has 2 amide bonds. The number of hydrogen-bond acceptors (Lipinski definition) is 3. The molecule has 1 aromatic heterocycles. The van der Waals surface area contributed by atoms with Crippen molar-refractivity contribution >= 4 is 17.5 Å². The number of hydrogen-bond donors (Lipinski definition) is 2. The van der Waals surface area contributed by atoms with E-state index in [0.717, 1.165) is 35.4 Å². The number of carbonyl (C=O) groups is 2. The predicted molar refractivity (Wildman–Crippen MR) is 91.9 cm³/mol. The minimum absolute atomic E-state index is 0.0799. The molecule has 0 radical (unpaired) electrons. The highest BCUT2D eigenvalue weighted by Crippen LogP contribution is 2.30. The average Bonchev–Trinajstić information content (AvgIpc) is 3.34. The molecule has 5 heteroatoms. The molecule has 1 saturated carbocycles. The Morgan fingerprint density at radius 2 is 1.92 bits per heavy atom. The maximum atomic E-state index is 12.4. The third-order valence-corrected chi connectivity index (χ3v) is 4.38. The number of carbonyl (C=O) groups excluding carboxylic acids is 2. The van der Waals surface area contributed by atoms with Gasteiger partial charge in [0.25, 0.3) is 5.91 Å². The zero-order chi connectivity index (χ0) is 17.3. The standard InChI is InChI=1S/C19H22N2O3/c1-11-12(2)24-13(3)17(11)19(23)20-10-14-5-4-6-16(9-14)21-18(22)15-7-8-15/h4-6,9,15H,7-8,10H2,1-3H3,(H,20,23)(H,21,22). The largest absolute Gasteiger partial charge is 0.466 e. The molecular formula is C19H22N2O3. The fraction of sp³-hybridized carbons (Fsp3) is 0.368. The summed E-state index contributed by atoms with van der Waals surface area (Å²) in [4.78, 5) is 24.2. The second-order valence-electron chi connectivity index (χ2n) is 6.36. The molecule has 0 aliphatic heterocycles. The van der Waals surface area contributed by atoms with Crippen LogP contribution in [0.2, 0.25) is 0 Å². The molecule has 126 valence electrons. The van der Waals surface area contributed by atoms with Gasteiger partial charge in [-0.1, -0.05) is 12.1 Å². The molecule has 1 aliphatic rings. The number of aryl methyl sites for hydroxylation is 2. The van der Waals surface area contributed by atoms with Gasteiger partial charge < -0.3 is 15.1 Å². The summed E-state index contributed by atoms with van der Waals surface area (Å²) in [6, 6.07) is 7.55. The number of anilines is 1. The smallest absolute Gasteiger partial charge is 0.255 e. The number of benzene rings is 1. The Hall–Kier alpha value is -2.56. The van der Waals surface area contributed by atoms with Crippen molar-refractivity contribution in [2.24, 2.45) is 5.92 Å². The van der Waals surface area contributed by atoms with E-state index in [2.05, 4.69) is 10.6 Å². The van der Waals surface area contributed by atoms with E-state index in [1.807, 2.05) is 38.1 Å². The molecule has 5 nitrogen and oxygen atoms in total. The van der Waals surface area contributed by atoms with Crippen molar-refractivity contribution in [1.82, 2.24) is 5.32 Å². The molecule has 24 heavy (non-hydrogen) atoms. The van der Waals surface area contributed by atoms with E-state index in [9.17, 15) is 9.59 Å². The average molecular weight is 326 g/mol. The molecule has 1 fully saturated rings. The zero-order valence-corrected chi connectivity index (χ0v) is 14.2. The Morgan fingerprint density at radius 1 is 1.17 bits per heavy atom. The van der Waals surface area contributed by atoms with Gasteiger partial charge in [0.1, 0.15) is 11.5 Å². The zero-order valence-electron chi connectivity index (χ0n) is 14.2. The van der Waals surface area contributed by atoms with Gasteiger partial charge in [-0.15, -0.1) is 0 Å². The minimum atomic E-state index is -0.144. The SMILES string of the molecule is Cc1oc(C)c(C(=O)NCc2cccc(NC(=O)C3CC3)c2)c1C. The van der Waals surface area contributed by atoms with E-state index < -0.39 is 0 Å². The van der Waals surface area contributed by atoms with Crippen LogP contribution in [0, 0.1) is 26.7 Å². The first-order valence-electron chi connectivity index (χ1n) is 8.20. The molecular weight excluding hydrogens is 304 g/mol. The van der Waals surface area contributed by atoms with Gasteiger partial charge in [-0.05, 0) is 51.3 Å². The molecule has 1 aliphatic carbocycles. The Balaban J connectivity index is 1.63. The quantitative estimate of drug-likeness (QED) is 0.883. The lowest BCUT2D eigenvalue weighted by Gasteiger charge is -2.09. The molecule has 2 N–H and O–H groups in total. The van der Waals surface area contributed by atoms with Crippen molar-refractivity contribution in [2.75, 3.05) is 5.32 Å². The van der Waals surface area contributed by atoms with Gasteiger partial charge in [0.05, 0.1) is 5.56 Å². The maximum Gasteiger partial charge on any atom is 0.255 e. The van der Waals surface area contributed by atoms with Crippen LogP contribution >= 0.6 is 0 Å². The molecule has 1 aromatic carbocycles. The lowest BCUT2D eigenvalue weighted by molar-refractivity contribution is -0.117. The summed E-state index contributed by atoms with van der Waals surface area (Å²) in [5.41, 5.74) is 3.18. The first-order valence-corrected chi connectivity index (χ1v) is 8.20. The molecule has 1 heterocycles. The van der Waals surface area contributed by atoms with Crippen molar-refractivity contribution < 1.29 is 14.0 Å². The Morgan fingerprint density at radius 3 is 2.54 bits per heavy atom. The summed E-state index contributed by atoms with van der Waals surface area (Å²) in [6.07, 6.45) is 1.95. The first kappa shape index (κ1) is 16.3. The van der Waals surface area contributed by atoms with Crippen LogP contribution in [0.4, 0.5) is 5.69 Å². The minimum Gasteiger partial charge on any atom is -0.466 e. The van der Waals surface area contributed by atoms with Crippen LogP contribution < -0.4 is 10.6 Å². The lowest BCUT2D eigenvalue weighted by Crippen LogP contribution is -2.24. The van der Waals surface area contributed by atoms with Crippen molar-refractivity contribution in [3.05, 3.63) is 52.5 Å². The Labute approximate surface area is 141 Å². The Bertz CT molecular complexity index is 788. The highest BCUT2D eigenvalue weighted by atomic mass is 16.3. The van der Waals surface area contributed by atoms with Gasteiger partial charge in [0.2, 0.25) is 5.91 Å². The van der Waals surface area contributed by atoms with Gasteiger partial charge >= 0.3 is 0 Å². The highest BCUT2D eigenvalue weighted by Gasteiger charge is 2.29. The summed E-state index contributed by atoms with van der Waals surface area (Å²) < 4.78 is 5.50. The summed E-state index contributed by atoms with van der Waals surface area (Å²) in [6.45, 7) is 5.93. The maximum absolute atomic E-state index is 12.4. The molecule has 3 rings (SSSR count). The summed E-state index contributed by atoms with van der Waals surface area (Å²) in [5.74, 6) is 1.50. The van der Waals surface area contributed by atoms with Crippen LogP contribution in [0.1, 0.15) is 45.8 Å². The molecule has 0 unspecified atom stereocenters. The second-order valence-corrected chi connectivity index (χ2v) is 6.36. The molecule has 2 aromatic rings. The van der Waals surface area contributed by atoms with Crippen LogP contribution in [-0.4, -0.2) is 11.8 Å². The number of nitrogens with one attached hydrogen (secondary N) is 2. The van der Waals surface area contributed by atoms with Crippen molar-refractivity contribution in [3.8, 4) is 0 Å². The van der Waals surface area contributed by atoms with Crippen LogP contribution in [-0.2, 0) is 11.3 Å². The molecule has 0 bridgehead atoms.